The summed E-state index contributed by atoms with van der Waals surface area (Å²) in [6.07, 6.45) is 1.55. The lowest BCUT2D eigenvalue weighted by Crippen LogP contribution is -2.27. The van der Waals surface area contributed by atoms with Crippen molar-refractivity contribution >= 4 is 28.6 Å². The van der Waals surface area contributed by atoms with E-state index < -0.39 is 0 Å². The van der Waals surface area contributed by atoms with Crippen LogP contribution >= 0.6 is 22.7 Å². The molecule has 4 rings (SSSR count). The lowest BCUT2D eigenvalue weighted by molar-refractivity contribution is 0.0797. The molecule has 1 aromatic carbocycles. The summed E-state index contributed by atoms with van der Waals surface area (Å²) in [5.74, 6) is -0.283. The molecule has 0 saturated carbocycles. The third-order valence-corrected chi connectivity index (χ3v) is 6.67. The minimum absolute atomic E-state index is 0.00320. The molecule has 5 nitrogen and oxygen atoms in total. The minimum atomic E-state index is -0.280. The maximum atomic E-state index is 13.4. The van der Waals surface area contributed by atoms with Gasteiger partial charge in [0.1, 0.15) is 15.7 Å². The van der Waals surface area contributed by atoms with Crippen LogP contribution in [0.25, 0.3) is 21.8 Å². The summed E-state index contributed by atoms with van der Waals surface area (Å²) in [5.41, 5.74) is 4.25. The number of amides is 1. The molecule has 4 aromatic rings. The number of aromatic amines is 1. The number of nitrogens with zero attached hydrogens (tertiary/aromatic N) is 3. The standard InChI is InChI=1S/C22H21FN4OS2/c1-14-20(30-21(24-14)16-8-10-29-13-16)22(28)27(2)9-4-7-18-12-19(26-25-18)15-5-3-6-17(23)11-15/h3,5-6,8,10-13H,4,7,9H2,1-2H3,(H,25,26). The number of thiazole rings is 1. The summed E-state index contributed by atoms with van der Waals surface area (Å²) < 4.78 is 13.4. The number of rotatable bonds is 7. The molecular formula is C22H21FN4OS2. The van der Waals surface area contributed by atoms with Crippen LogP contribution in [-0.4, -0.2) is 39.6 Å². The van der Waals surface area contributed by atoms with E-state index >= 15 is 0 Å². The van der Waals surface area contributed by atoms with E-state index in [1.807, 2.05) is 42.9 Å². The molecule has 1 amide bonds. The summed E-state index contributed by atoms with van der Waals surface area (Å²) in [7, 11) is 1.82. The Kier molecular flexibility index (Phi) is 6.06. The van der Waals surface area contributed by atoms with Gasteiger partial charge in [-0.2, -0.15) is 16.4 Å². The normalized spacial score (nSPS) is 11.0. The van der Waals surface area contributed by atoms with Crippen molar-refractivity contribution in [3.05, 3.63) is 69.2 Å². The topological polar surface area (TPSA) is 61.9 Å². The Labute approximate surface area is 182 Å². The third-order valence-electron chi connectivity index (χ3n) is 4.80. The summed E-state index contributed by atoms with van der Waals surface area (Å²) in [6, 6.07) is 10.3. The molecule has 3 aromatic heterocycles. The first-order chi connectivity index (χ1) is 14.5. The minimum Gasteiger partial charge on any atom is -0.341 e. The van der Waals surface area contributed by atoms with E-state index in [2.05, 4.69) is 15.2 Å². The molecule has 0 radical (unpaired) electrons. The van der Waals surface area contributed by atoms with Gasteiger partial charge in [0.25, 0.3) is 5.91 Å². The van der Waals surface area contributed by atoms with Crippen molar-refractivity contribution in [2.75, 3.05) is 13.6 Å². The van der Waals surface area contributed by atoms with Gasteiger partial charge in [0.2, 0.25) is 0 Å². The molecular weight excluding hydrogens is 419 g/mol. The first-order valence-electron chi connectivity index (χ1n) is 9.57. The van der Waals surface area contributed by atoms with Crippen molar-refractivity contribution in [2.45, 2.75) is 19.8 Å². The molecule has 0 atom stereocenters. The Balaban J connectivity index is 1.34. The summed E-state index contributed by atoms with van der Waals surface area (Å²) >= 11 is 3.06. The van der Waals surface area contributed by atoms with E-state index in [0.717, 1.165) is 46.1 Å². The van der Waals surface area contributed by atoms with Crippen LogP contribution in [0.2, 0.25) is 0 Å². The van der Waals surface area contributed by atoms with Crippen molar-refractivity contribution in [2.24, 2.45) is 0 Å². The van der Waals surface area contributed by atoms with Crippen molar-refractivity contribution in [3.63, 3.8) is 0 Å². The molecule has 0 aliphatic carbocycles. The number of hydrogen-bond donors (Lipinski definition) is 1. The maximum Gasteiger partial charge on any atom is 0.265 e. The molecule has 30 heavy (non-hydrogen) atoms. The van der Waals surface area contributed by atoms with Crippen LogP contribution < -0.4 is 0 Å². The number of thiophene rings is 1. The molecule has 0 fully saturated rings. The van der Waals surface area contributed by atoms with Gasteiger partial charge in [0.05, 0.1) is 11.4 Å². The number of carbonyl (C=O) groups excluding carboxylic acids is 1. The van der Waals surface area contributed by atoms with Gasteiger partial charge in [0.15, 0.2) is 0 Å². The average molecular weight is 441 g/mol. The van der Waals surface area contributed by atoms with E-state index in [1.54, 1.807) is 22.3 Å². The van der Waals surface area contributed by atoms with Crippen LogP contribution in [0.1, 0.15) is 27.5 Å². The maximum absolute atomic E-state index is 13.4. The second kappa shape index (κ2) is 8.89. The van der Waals surface area contributed by atoms with E-state index in [4.69, 9.17) is 0 Å². The fraction of sp³-hybridized carbons (Fsp3) is 0.227. The molecule has 0 spiro atoms. The Hall–Kier alpha value is -2.84. The SMILES string of the molecule is Cc1nc(-c2ccsc2)sc1C(=O)N(C)CCCc1cc(-c2cccc(F)c2)n[nH]1. The second-order valence-corrected chi connectivity index (χ2v) is 8.84. The Morgan fingerprint density at radius 1 is 1.23 bits per heavy atom. The zero-order chi connectivity index (χ0) is 21.1. The Bertz CT molecular complexity index is 1150. The van der Waals surface area contributed by atoms with Crippen LogP contribution in [-0.2, 0) is 6.42 Å². The number of hydrogen-bond acceptors (Lipinski definition) is 5. The van der Waals surface area contributed by atoms with Crippen molar-refractivity contribution in [1.29, 1.82) is 0 Å². The molecule has 0 bridgehead atoms. The molecule has 3 heterocycles. The van der Waals surface area contributed by atoms with Crippen molar-refractivity contribution < 1.29 is 9.18 Å². The Morgan fingerprint density at radius 3 is 2.87 bits per heavy atom. The Morgan fingerprint density at radius 2 is 2.10 bits per heavy atom. The zero-order valence-corrected chi connectivity index (χ0v) is 18.3. The lowest BCUT2D eigenvalue weighted by atomic mass is 10.1. The summed E-state index contributed by atoms with van der Waals surface area (Å²) in [6.45, 7) is 2.50. The number of H-pyrrole nitrogens is 1. The number of aryl methyl sites for hydroxylation is 2. The number of aromatic nitrogens is 3. The van der Waals surface area contributed by atoms with Gasteiger partial charge in [-0.3, -0.25) is 9.89 Å². The van der Waals surface area contributed by atoms with Crippen LogP contribution in [0.4, 0.5) is 4.39 Å². The number of benzene rings is 1. The first kappa shape index (κ1) is 20.4. The summed E-state index contributed by atoms with van der Waals surface area (Å²) in [5, 5.41) is 12.2. The summed E-state index contributed by atoms with van der Waals surface area (Å²) in [4.78, 5) is 19.8. The molecule has 154 valence electrons. The molecule has 0 aliphatic heterocycles. The quantitative estimate of drug-likeness (QED) is 0.418. The van der Waals surface area contributed by atoms with Gasteiger partial charge in [-0.05, 0) is 49.4 Å². The molecule has 0 saturated heterocycles. The first-order valence-corrected chi connectivity index (χ1v) is 11.3. The smallest absolute Gasteiger partial charge is 0.265 e. The number of carbonyl (C=O) groups is 1. The van der Waals surface area contributed by atoms with Gasteiger partial charge in [0, 0.05) is 35.8 Å². The van der Waals surface area contributed by atoms with Crippen LogP contribution in [0, 0.1) is 12.7 Å². The highest BCUT2D eigenvalue weighted by Crippen LogP contribution is 2.30. The fourth-order valence-corrected chi connectivity index (χ4v) is 4.94. The highest BCUT2D eigenvalue weighted by molar-refractivity contribution is 7.17. The fourth-order valence-electron chi connectivity index (χ4n) is 3.17. The predicted molar refractivity (Wildman–Crippen MR) is 119 cm³/mol. The van der Waals surface area contributed by atoms with E-state index in [-0.39, 0.29) is 11.7 Å². The third kappa shape index (κ3) is 4.49. The highest BCUT2D eigenvalue weighted by Gasteiger charge is 2.19. The van der Waals surface area contributed by atoms with E-state index in [9.17, 15) is 9.18 Å². The average Bonchev–Trinajstić information content (AvgIpc) is 3.48. The van der Waals surface area contributed by atoms with Gasteiger partial charge in [-0.15, -0.1) is 11.3 Å². The molecule has 1 N–H and O–H groups in total. The second-order valence-electron chi connectivity index (χ2n) is 7.06. The van der Waals surface area contributed by atoms with Gasteiger partial charge in [-0.25, -0.2) is 9.37 Å². The van der Waals surface area contributed by atoms with Crippen molar-refractivity contribution in [3.8, 4) is 21.8 Å². The monoisotopic (exact) mass is 440 g/mol. The van der Waals surface area contributed by atoms with Crippen LogP contribution in [0.15, 0.2) is 47.2 Å². The van der Waals surface area contributed by atoms with Crippen LogP contribution in [0.5, 0.6) is 0 Å². The van der Waals surface area contributed by atoms with E-state index in [1.165, 1.54) is 23.5 Å². The molecule has 8 heteroatoms. The molecule has 0 aliphatic rings. The largest absolute Gasteiger partial charge is 0.341 e. The van der Waals surface area contributed by atoms with Gasteiger partial charge in [-0.1, -0.05) is 12.1 Å². The molecule has 0 unspecified atom stereocenters. The highest BCUT2D eigenvalue weighted by atomic mass is 32.1. The lowest BCUT2D eigenvalue weighted by Gasteiger charge is -2.16. The number of nitrogens with one attached hydrogen (secondary N) is 1. The number of halogens is 1. The van der Waals surface area contributed by atoms with Gasteiger partial charge < -0.3 is 4.90 Å². The predicted octanol–water partition coefficient (Wildman–Crippen LogP) is 5.41. The van der Waals surface area contributed by atoms with E-state index in [0.29, 0.717) is 11.4 Å². The zero-order valence-electron chi connectivity index (χ0n) is 16.7. The van der Waals surface area contributed by atoms with Crippen molar-refractivity contribution in [1.82, 2.24) is 20.1 Å². The van der Waals surface area contributed by atoms with Gasteiger partial charge >= 0.3 is 0 Å². The van der Waals surface area contributed by atoms with Crippen LogP contribution in [0.3, 0.4) is 0 Å².